The fourth-order valence-electron chi connectivity index (χ4n) is 3.00. The van der Waals surface area contributed by atoms with Gasteiger partial charge in [0.2, 0.25) is 0 Å². The monoisotopic (exact) mass is 302 g/mol. The van der Waals surface area contributed by atoms with Crippen LogP contribution in [0.1, 0.15) is 61.9 Å². The molecular formula is C19H26O3. The summed E-state index contributed by atoms with van der Waals surface area (Å²) in [4.78, 5) is 23.3. The zero-order valence-electron chi connectivity index (χ0n) is 13.6. The molecule has 1 fully saturated rings. The maximum absolute atomic E-state index is 12.2. The highest BCUT2D eigenvalue weighted by atomic mass is 16.5. The fourth-order valence-corrected chi connectivity index (χ4v) is 3.00. The van der Waals surface area contributed by atoms with Crippen LogP contribution in [0.3, 0.4) is 0 Å². The standard InChI is InChI=1S/C19H26O3/c1-14(20)15(2)22-13-19(21)18-10-6-9-17(12-18)11-16-7-4-3-5-8-16/h6,9-10,12,15-16H,3-5,7-8,11,13H2,1-2H3. The summed E-state index contributed by atoms with van der Waals surface area (Å²) in [5.74, 6) is 0.644. The highest BCUT2D eigenvalue weighted by molar-refractivity contribution is 5.97. The first-order chi connectivity index (χ1) is 10.6. The zero-order chi connectivity index (χ0) is 15.9. The van der Waals surface area contributed by atoms with Crippen molar-refractivity contribution in [3.63, 3.8) is 0 Å². The van der Waals surface area contributed by atoms with Gasteiger partial charge in [-0.15, -0.1) is 0 Å². The lowest BCUT2D eigenvalue weighted by Gasteiger charge is -2.21. The third-order valence-electron chi connectivity index (χ3n) is 4.53. The molecule has 0 aliphatic heterocycles. The second-order valence-electron chi connectivity index (χ2n) is 6.40. The molecule has 0 saturated heterocycles. The Morgan fingerprint density at radius 3 is 2.64 bits per heavy atom. The molecule has 0 spiro atoms. The van der Waals surface area contributed by atoms with Crippen molar-refractivity contribution in [2.24, 2.45) is 5.92 Å². The summed E-state index contributed by atoms with van der Waals surface area (Å²) in [6, 6.07) is 7.86. The molecule has 2 rings (SSSR count). The average molecular weight is 302 g/mol. The van der Waals surface area contributed by atoms with Gasteiger partial charge in [-0.1, -0.05) is 50.3 Å². The van der Waals surface area contributed by atoms with Crippen molar-refractivity contribution in [3.05, 3.63) is 35.4 Å². The topological polar surface area (TPSA) is 43.4 Å². The summed E-state index contributed by atoms with van der Waals surface area (Å²) in [6.45, 7) is 3.11. The first-order valence-corrected chi connectivity index (χ1v) is 8.30. The van der Waals surface area contributed by atoms with E-state index in [1.54, 1.807) is 6.92 Å². The minimum absolute atomic E-state index is 0.0341. The Bertz CT molecular complexity index is 515. The van der Waals surface area contributed by atoms with Crippen molar-refractivity contribution in [1.29, 1.82) is 0 Å². The molecule has 0 radical (unpaired) electrons. The molecule has 3 nitrogen and oxygen atoms in total. The summed E-state index contributed by atoms with van der Waals surface area (Å²) >= 11 is 0. The zero-order valence-corrected chi connectivity index (χ0v) is 13.6. The predicted molar refractivity (Wildman–Crippen MR) is 87.1 cm³/mol. The number of hydrogen-bond acceptors (Lipinski definition) is 3. The molecule has 0 aromatic heterocycles. The fraction of sp³-hybridized carbons (Fsp3) is 0.579. The largest absolute Gasteiger partial charge is 0.363 e. The smallest absolute Gasteiger partial charge is 0.188 e. The Kier molecular flexibility index (Phi) is 6.32. The van der Waals surface area contributed by atoms with Gasteiger partial charge in [0.25, 0.3) is 0 Å². The molecule has 1 aromatic carbocycles. The first kappa shape index (κ1) is 16.9. The number of ether oxygens (including phenoxy) is 1. The maximum Gasteiger partial charge on any atom is 0.188 e. The molecule has 0 N–H and O–H groups in total. The number of carbonyl (C=O) groups is 2. The van der Waals surface area contributed by atoms with Gasteiger partial charge in [-0.25, -0.2) is 0 Å². The van der Waals surface area contributed by atoms with Crippen LogP contribution < -0.4 is 0 Å². The third kappa shape index (κ3) is 5.06. The van der Waals surface area contributed by atoms with E-state index in [1.807, 2.05) is 18.2 Å². The predicted octanol–water partition coefficient (Wildman–Crippen LogP) is 3.99. The van der Waals surface area contributed by atoms with Crippen LogP contribution in [-0.4, -0.2) is 24.3 Å². The Hall–Kier alpha value is -1.48. The SMILES string of the molecule is CC(=O)C(C)OCC(=O)c1cccc(CC2CCCCC2)c1. The lowest BCUT2D eigenvalue weighted by Crippen LogP contribution is -2.21. The quantitative estimate of drug-likeness (QED) is 0.715. The van der Waals surface area contributed by atoms with E-state index in [9.17, 15) is 9.59 Å². The molecule has 1 unspecified atom stereocenters. The Labute approximate surface area is 133 Å². The summed E-state index contributed by atoms with van der Waals surface area (Å²) in [5, 5.41) is 0. The van der Waals surface area contributed by atoms with Crippen molar-refractivity contribution in [2.45, 2.75) is 58.5 Å². The highest BCUT2D eigenvalue weighted by Gasteiger charge is 2.16. The molecule has 1 aromatic rings. The number of carbonyl (C=O) groups excluding carboxylic acids is 2. The van der Waals surface area contributed by atoms with Crippen LogP contribution in [0, 0.1) is 5.92 Å². The maximum atomic E-state index is 12.2. The molecule has 1 aliphatic carbocycles. The van der Waals surface area contributed by atoms with Gasteiger partial charge >= 0.3 is 0 Å². The second kappa shape index (κ2) is 8.23. The van der Waals surface area contributed by atoms with Gasteiger partial charge in [-0.05, 0) is 37.8 Å². The Balaban J connectivity index is 1.92. The van der Waals surface area contributed by atoms with Crippen molar-refractivity contribution >= 4 is 11.6 Å². The number of Topliss-reactive ketones (excluding diaryl/α,β-unsaturated/α-hetero) is 2. The van der Waals surface area contributed by atoms with Crippen LogP contribution in [0.5, 0.6) is 0 Å². The van der Waals surface area contributed by atoms with Gasteiger partial charge in [0.05, 0.1) is 0 Å². The molecule has 3 heteroatoms. The van der Waals surface area contributed by atoms with Crippen LogP contribution in [0.2, 0.25) is 0 Å². The second-order valence-corrected chi connectivity index (χ2v) is 6.40. The van der Waals surface area contributed by atoms with E-state index in [2.05, 4.69) is 6.07 Å². The lowest BCUT2D eigenvalue weighted by atomic mass is 9.84. The van der Waals surface area contributed by atoms with E-state index in [4.69, 9.17) is 4.74 Å². The highest BCUT2D eigenvalue weighted by Crippen LogP contribution is 2.27. The Morgan fingerprint density at radius 1 is 1.23 bits per heavy atom. The minimum Gasteiger partial charge on any atom is -0.363 e. The molecule has 0 bridgehead atoms. The van der Waals surface area contributed by atoms with E-state index >= 15 is 0 Å². The van der Waals surface area contributed by atoms with Crippen molar-refractivity contribution < 1.29 is 14.3 Å². The normalized spacial score (nSPS) is 17.2. The lowest BCUT2D eigenvalue weighted by molar-refractivity contribution is -0.126. The molecule has 0 amide bonds. The van der Waals surface area contributed by atoms with E-state index in [0.717, 1.165) is 12.3 Å². The summed E-state index contributed by atoms with van der Waals surface area (Å²) in [6.07, 6.45) is 7.18. The molecule has 22 heavy (non-hydrogen) atoms. The molecule has 0 heterocycles. The van der Waals surface area contributed by atoms with Crippen LogP contribution >= 0.6 is 0 Å². The van der Waals surface area contributed by atoms with Crippen molar-refractivity contribution in [2.75, 3.05) is 6.61 Å². The molecular weight excluding hydrogens is 276 g/mol. The Morgan fingerprint density at radius 2 is 1.95 bits per heavy atom. The summed E-state index contributed by atoms with van der Waals surface area (Å²) in [7, 11) is 0. The van der Waals surface area contributed by atoms with Crippen LogP contribution in [-0.2, 0) is 16.0 Å². The van der Waals surface area contributed by atoms with Crippen molar-refractivity contribution in [1.82, 2.24) is 0 Å². The van der Waals surface area contributed by atoms with Crippen LogP contribution in [0.15, 0.2) is 24.3 Å². The van der Waals surface area contributed by atoms with E-state index in [-0.39, 0.29) is 18.2 Å². The summed E-state index contributed by atoms with van der Waals surface area (Å²) < 4.78 is 5.31. The number of hydrogen-bond donors (Lipinski definition) is 0. The molecule has 1 aliphatic rings. The van der Waals surface area contributed by atoms with E-state index in [1.165, 1.54) is 44.6 Å². The number of rotatable bonds is 7. The van der Waals surface area contributed by atoms with Gasteiger partial charge in [0, 0.05) is 5.56 Å². The number of benzene rings is 1. The van der Waals surface area contributed by atoms with Gasteiger partial charge in [0.15, 0.2) is 11.6 Å². The van der Waals surface area contributed by atoms with Crippen LogP contribution in [0.4, 0.5) is 0 Å². The van der Waals surface area contributed by atoms with Gasteiger partial charge in [-0.3, -0.25) is 9.59 Å². The van der Waals surface area contributed by atoms with Crippen molar-refractivity contribution in [3.8, 4) is 0 Å². The first-order valence-electron chi connectivity index (χ1n) is 8.30. The van der Waals surface area contributed by atoms with Gasteiger partial charge in [0.1, 0.15) is 12.7 Å². The van der Waals surface area contributed by atoms with Gasteiger partial charge in [-0.2, -0.15) is 0 Å². The van der Waals surface area contributed by atoms with Crippen LogP contribution in [0.25, 0.3) is 0 Å². The third-order valence-corrected chi connectivity index (χ3v) is 4.53. The minimum atomic E-state index is -0.519. The number of ketones is 2. The molecule has 120 valence electrons. The van der Waals surface area contributed by atoms with E-state index in [0.29, 0.717) is 5.56 Å². The van der Waals surface area contributed by atoms with Gasteiger partial charge < -0.3 is 4.74 Å². The van der Waals surface area contributed by atoms with E-state index < -0.39 is 6.10 Å². The molecule has 1 saturated carbocycles. The molecule has 1 atom stereocenters. The average Bonchev–Trinajstić information content (AvgIpc) is 2.53. The summed E-state index contributed by atoms with van der Waals surface area (Å²) in [5.41, 5.74) is 1.92.